The molecule has 2 saturated heterocycles. The van der Waals surface area contributed by atoms with Gasteiger partial charge in [-0.1, -0.05) is 18.2 Å². The molecule has 2 aliphatic rings. The molecule has 2 aliphatic heterocycles. The molecular weight excluding hydrogens is 342 g/mol. The summed E-state index contributed by atoms with van der Waals surface area (Å²) in [5.41, 5.74) is 7.99. The monoisotopic (exact) mass is 369 g/mol. The number of likely N-dealkylation sites (tertiary alicyclic amines) is 1. The Morgan fingerprint density at radius 3 is 2.81 bits per heavy atom. The Morgan fingerprint density at radius 2 is 2.00 bits per heavy atom. The number of ether oxygens (including phenoxy) is 2. The highest BCUT2D eigenvalue weighted by Gasteiger charge is 2.36. The van der Waals surface area contributed by atoms with Crippen LogP contribution < -0.4 is 15.6 Å². The minimum atomic E-state index is -0.109. The molecule has 27 heavy (non-hydrogen) atoms. The fourth-order valence-electron chi connectivity index (χ4n) is 4.37. The summed E-state index contributed by atoms with van der Waals surface area (Å²) < 4.78 is 10.3. The number of hydrogen-bond acceptors (Lipinski definition) is 6. The highest BCUT2D eigenvalue weighted by molar-refractivity contribution is 5.84. The number of rotatable bonds is 5. The topological polar surface area (TPSA) is 62.8 Å². The van der Waals surface area contributed by atoms with Crippen LogP contribution >= 0.6 is 0 Å². The first-order valence-electron chi connectivity index (χ1n) is 9.57. The summed E-state index contributed by atoms with van der Waals surface area (Å²) in [5.74, 6) is 1.16. The molecule has 0 saturated carbocycles. The van der Waals surface area contributed by atoms with Crippen LogP contribution in [0.15, 0.2) is 36.4 Å². The van der Waals surface area contributed by atoms with Gasteiger partial charge in [0.05, 0.1) is 20.3 Å². The van der Waals surface area contributed by atoms with E-state index in [4.69, 9.17) is 9.47 Å². The Labute approximate surface area is 159 Å². The number of nitrogens with zero attached hydrogens (tertiary/aromatic N) is 1. The van der Waals surface area contributed by atoms with Crippen molar-refractivity contribution in [1.82, 2.24) is 15.8 Å². The van der Waals surface area contributed by atoms with E-state index >= 15 is 0 Å². The van der Waals surface area contributed by atoms with Crippen LogP contribution in [-0.2, 0) is 9.53 Å². The average molecular weight is 369 g/mol. The van der Waals surface area contributed by atoms with E-state index in [1.165, 1.54) is 23.4 Å². The van der Waals surface area contributed by atoms with Gasteiger partial charge < -0.3 is 9.47 Å². The first-order chi connectivity index (χ1) is 13.2. The second kappa shape index (κ2) is 7.84. The molecule has 2 aromatic rings. The van der Waals surface area contributed by atoms with E-state index in [0.29, 0.717) is 5.92 Å². The number of hydrogen-bond donors (Lipinski definition) is 2. The standard InChI is InChI=1S/C21H27N3O3/c1-26-18-8-7-14-10-16(6-5-15(14)11-18)20-17(12-22-23-20)13-24-9-3-4-19(24)21(25)27-2/h5-8,10-11,17,19-20,22-23H,3-4,9,12-13H2,1-2H3/t17?,19-,20?/m0/s1. The average Bonchev–Trinajstić information content (AvgIpc) is 3.36. The molecule has 2 fully saturated rings. The molecule has 2 N–H and O–H groups in total. The van der Waals surface area contributed by atoms with Crippen molar-refractivity contribution in [3.05, 3.63) is 42.0 Å². The van der Waals surface area contributed by atoms with Crippen molar-refractivity contribution >= 4 is 16.7 Å². The summed E-state index contributed by atoms with van der Waals surface area (Å²) in [7, 11) is 3.17. The number of carbonyl (C=O) groups excluding carboxylic acids is 1. The maximum atomic E-state index is 12.0. The number of benzene rings is 2. The summed E-state index contributed by atoms with van der Waals surface area (Å²) >= 11 is 0. The fraction of sp³-hybridized carbons (Fsp3) is 0.476. The van der Waals surface area contributed by atoms with Gasteiger partial charge in [-0.25, -0.2) is 5.43 Å². The van der Waals surface area contributed by atoms with Crippen LogP contribution in [0.25, 0.3) is 10.8 Å². The summed E-state index contributed by atoms with van der Waals surface area (Å²) in [6, 6.07) is 12.9. The lowest BCUT2D eigenvalue weighted by atomic mass is 9.92. The van der Waals surface area contributed by atoms with Crippen LogP contribution in [0.2, 0.25) is 0 Å². The Kier molecular flexibility index (Phi) is 5.29. The van der Waals surface area contributed by atoms with E-state index in [2.05, 4.69) is 46.1 Å². The van der Waals surface area contributed by atoms with Crippen LogP contribution in [0.4, 0.5) is 0 Å². The number of hydrazine groups is 1. The van der Waals surface area contributed by atoms with Gasteiger partial charge in [-0.3, -0.25) is 15.1 Å². The van der Waals surface area contributed by atoms with Crippen LogP contribution in [-0.4, -0.2) is 50.8 Å². The van der Waals surface area contributed by atoms with Gasteiger partial charge in [0.25, 0.3) is 0 Å². The van der Waals surface area contributed by atoms with E-state index in [0.717, 1.165) is 38.2 Å². The largest absolute Gasteiger partial charge is 0.497 e. The SMILES string of the molecule is COC(=O)[C@@H]1CCCN1CC1CNNC1c1ccc2cc(OC)ccc2c1. The van der Waals surface area contributed by atoms with Gasteiger partial charge in [0, 0.05) is 19.0 Å². The molecule has 2 unspecified atom stereocenters. The van der Waals surface area contributed by atoms with Gasteiger partial charge in [0.1, 0.15) is 11.8 Å². The predicted octanol–water partition coefficient (Wildman–Crippen LogP) is 2.25. The lowest BCUT2D eigenvalue weighted by Gasteiger charge is -2.28. The Bertz CT molecular complexity index is 825. The van der Waals surface area contributed by atoms with Crippen LogP contribution in [0.5, 0.6) is 5.75 Å². The fourth-order valence-corrected chi connectivity index (χ4v) is 4.37. The summed E-state index contributed by atoms with van der Waals surface area (Å²) in [5, 5.41) is 2.38. The van der Waals surface area contributed by atoms with Crippen LogP contribution in [0, 0.1) is 5.92 Å². The van der Waals surface area contributed by atoms with Crippen molar-refractivity contribution in [3.63, 3.8) is 0 Å². The third-order valence-electron chi connectivity index (χ3n) is 5.83. The zero-order valence-corrected chi connectivity index (χ0v) is 15.9. The van der Waals surface area contributed by atoms with Gasteiger partial charge in [0.15, 0.2) is 0 Å². The summed E-state index contributed by atoms with van der Waals surface area (Å²) in [4.78, 5) is 14.3. The molecule has 0 spiro atoms. The third-order valence-corrected chi connectivity index (χ3v) is 5.83. The molecule has 0 radical (unpaired) electrons. The quantitative estimate of drug-likeness (QED) is 0.789. The van der Waals surface area contributed by atoms with E-state index in [1.807, 2.05) is 6.07 Å². The first kappa shape index (κ1) is 18.2. The molecule has 144 valence electrons. The second-order valence-corrected chi connectivity index (χ2v) is 7.41. The molecule has 0 aliphatic carbocycles. The summed E-state index contributed by atoms with van der Waals surface area (Å²) in [6.07, 6.45) is 1.94. The number of carbonyl (C=O) groups is 1. The number of esters is 1. The molecule has 0 aromatic heterocycles. The number of methoxy groups -OCH3 is 2. The first-order valence-corrected chi connectivity index (χ1v) is 9.57. The molecule has 6 heteroatoms. The lowest BCUT2D eigenvalue weighted by Crippen LogP contribution is -2.41. The lowest BCUT2D eigenvalue weighted by molar-refractivity contribution is -0.146. The maximum absolute atomic E-state index is 12.0. The zero-order valence-electron chi connectivity index (χ0n) is 15.9. The van der Waals surface area contributed by atoms with Crippen molar-refractivity contribution in [2.45, 2.75) is 24.9 Å². The molecule has 2 aromatic carbocycles. The Hall–Kier alpha value is -2.15. The minimum Gasteiger partial charge on any atom is -0.497 e. The molecule has 6 nitrogen and oxygen atoms in total. The van der Waals surface area contributed by atoms with Gasteiger partial charge in [0.2, 0.25) is 0 Å². The van der Waals surface area contributed by atoms with Crippen LogP contribution in [0.3, 0.4) is 0 Å². The summed E-state index contributed by atoms with van der Waals surface area (Å²) in [6.45, 7) is 2.72. The third kappa shape index (κ3) is 3.65. The van der Waals surface area contributed by atoms with Gasteiger partial charge >= 0.3 is 5.97 Å². The van der Waals surface area contributed by atoms with Crippen molar-refractivity contribution in [1.29, 1.82) is 0 Å². The van der Waals surface area contributed by atoms with E-state index in [9.17, 15) is 4.79 Å². The van der Waals surface area contributed by atoms with Crippen molar-refractivity contribution in [2.75, 3.05) is 33.9 Å². The second-order valence-electron chi connectivity index (χ2n) is 7.41. The molecule has 3 atom stereocenters. The molecule has 0 bridgehead atoms. The Morgan fingerprint density at radius 1 is 1.19 bits per heavy atom. The van der Waals surface area contributed by atoms with Crippen molar-refractivity contribution in [2.24, 2.45) is 5.92 Å². The van der Waals surface area contributed by atoms with Crippen LogP contribution in [0.1, 0.15) is 24.4 Å². The molecule has 4 rings (SSSR count). The number of fused-ring (bicyclic) bond motifs is 1. The number of nitrogens with one attached hydrogen (secondary N) is 2. The van der Waals surface area contributed by atoms with Gasteiger partial charge in [-0.05, 0) is 53.9 Å². The molecule has 0 amide bonds. The van der Waals surface area contributed by atoms with E-state index < -0.39 is 0 Å². The van der Waals surface area contributed by atoms with E-state index in [1.54, 1.807) is 7.11 Å². The minimum absolute atomic E-state index is 0.0969. The predicted molar refractivity (Wildman–Crippen MR) is 104 cm³/mol. The normalized spacial score (nSPS) is 25.8. The molecule has 2 heterocycles. The van der Waals surface area contributed by atoms with E-state index in [-0.39, 0.29) is 18.1 Å². The smallest absolute Gasteiger partial charge is 0.323 e. The Balaban J connectivity index is 1.52. The van der Waals surface area contributed by atoms with Crippen molar-refractivity contribution in [3.8, 4) is 5.75 Å². The van der Waals surface area contributed by atoms with Gasteiger partial charge in [-0.2, -0.15) is 0 Å². The zero-order chi connectivity index (χ0) is 18.8. The highest BCUT2D eigenvalue weighted by Crippen LogP contribution is 2.31. The maximum Gasteiger partial charge on any atom is 0.323 e. The highest BCUT2D eigenvalue weighted by atomic mass is 16.5. The van der Waals surface area contributed by atoms with Crippen molar-refractivity contribution < 1.29 is 14.3 Å². The molecular formula is C21H27N3O3. The van der Waals surface area contributed by atoms with Gasteiger partial charge in [-0.15, -0.1) is 0 Å².